The summed E-state index contributed by atoms with van der Waals surface area (Å²) in [6, 6.07) is 16.8. The first kappa shape index (κ1) is 14.8. The monoisotopic (exact) mass is 323 g/mol. The molecular weight excluding hydrogens is 306 g/mol. The van der Waals surface area contributed by atoms with Crippen molar-refractivity contribution in [3.63, 3.8) is 0 Å². The molecule has 1 heterocycles. The van der Waals surface area contributed by atoms with Gasteiger partial charge in [0.2, 0.25) is 0 Å². The molecule has 5 nitrogen and oxygen atoms in total. The highest BCUT2D eigenvalue weighted by Gasteiger charge is 2.68. The van der Waals surface area contributed by atoms with Gasteiger partial charge in [-0.2, -0.15) is 0 Å². The molecule has 1 saturated carbocycles. The summed E-state index contributed by atoms with van der Waals surface area (Å²) in [7, 11) is 0. The molecule has 1 aliphatic heterocycles. The van der Waals surface area contributed by atoms with E-state index in [0.717, 1.165) is 11.1 Å². The molecule has 1 amide bonds. The van der Waals surface area contributed by atoms with Crippen molar-refractivity contribution in [2.45, 2.75) is 25.0 Å². The normalized spacial score (nSPS) is 23.8. The predicted octanol–water partition coefficient (Wildman–Crippen LogP) is 3.23. The average molecular weight is 323 g/mol. The molecule has 4 rings (SSSR count). The van der Waals surface area contributed by atoms with Gasteiger partial charge in [-0.1, -0.05) is 48.5 Å². The zero-order chi connectivity index (χ0) is 16.7. The van der Waals surface area contributed by atoms with Crippen LogP contribution in [0.5, 0.6) is 0 Å². The van der Waals surface area contributed by atoms with Gasteiger partial charge in [-0.25, -0.2) is 9.59 Å². The number of carbonyl (C=O) groups excluding carboxylic acids is 1. The molecule has 2 aliphatic rings. The number of para-hydroxylation sites is 1. The maximum Gasteiger partial charge on any atom is 0.415 e. The Morgan fingerprint density at radius 2 is 1.83 bits per heavy atom. The van der Waals surface area contributed by atoms with E-state index in [2.05, 4.69) is 0 Å². The quantitative estimate of drug-likeness (QED) is 0.942. The molecule has 0 radical (unpaired) electrons. The van der Waals surface area contributed by atoms with Crippen molar-refractivity contribution < 1.29 is 19.4 Å². The highest BCUT2D eigenvalue weighted by Crippen LogP contribution is 2.56. The van der Waals surface area contributed by atoms with Crippen molar-refractivity contribution in [3.8, 4) is 0 Å². The average Bonchev–Trinajstić information content (AvgIpc) is 3.33. The van der Waals surface area contributed by atoms with Gasteiger partial charge in [0.1, 0.15) is 6.61 Å². The fraction of sp³-hybridized carbons (Fsp3) is 0.263. The van der Waals surface area contributed by atoms with E-state index in [9.17, 15) is 14.7 Å². The van der Waals surface area contributed by atoms with Crippen LogP contribution >= 0.6 is 0 Å². The van der Waals surface area contributed by atoms with Crippen molar-refractivity contribution in [3.05, 3.63) is 65.7 Å². The van der Waals surface area contributed by atoms with Crippen molar-refractivity contribution >= 4 is 17.7 Å². The van der Waals surface area contributed by atoms with Crippen LogP contribution in [0.1, 0.15) is 17.5 Å². The first-order valence-corrected chi connectivity index (χ1v) is 7.95. The molecule has 0 bridgehead atoms. The lowest BCUT2D eigenvalue weighted by atomic mass is 9.96. The Bertz CT molecular complexity index is 804. The number of aliphatic carboxylic acids is 1. The largest absolute Gasteiger partial charge is 0.479 e. The Balaban J connectivity index is 1.63. The fourth-order valence-corrected chi connectivity index (χ4v) is 3.62. The standard InChI is InChI=1S/C19H17NO4/c21-17(22)19-11-15(19)10-14-8-4-5-9-16(14)20(19)18(23)24-12-13-6-2-1-3-7-13/h1-9,15H,10-12H2,(H,21,22). The number of carboxylic acid groups (broad SMARTS) is 1. The third kappa shape index (κ3) is 2.16. The Morgan fingerprint density at radius 3 is 2.58 bits per heavy atom. The second-order valence-corrected chi connectivity index (χ2v) is 6.34. The molecule has 1 aliphatic carbocycles. The van der Waals surface area contributed by atoms with E-state index in [4.69, 9.17) is 4.74 Å². The Morgan fingerprint density at radius 1 is 1.12 bits per heavy atom. The van der Waals surface area contributed by atoms with Crippen LogP contribution in [0.15, 0.2) is 54.6 Å². The highest BCUT2D eigenvalue weighted by atomic mass is 16.6. The molecule has 2 unspecified atom stereocenters. The second kappa shape index (κ2) is 5.37. The van der Waals surface area contributed by atoms with Gasteiger partial charge in [0.15, 0.2) is 5.54 Å². The number of hydrogen-bond donors (Lipinski definition) is 1. The van der Waals surface area contributed by atoms with Crippen molar-refractivity contribution in [2.75, 3.05) is 4.90 Å². The van der Waals surface area contributed by atoms with E-state index >= 15 is 0 Å². The molecule has 2 aromatic carbocycles. The number of fused-ring (bicyclic) bond motifs is 2. The molecule has 2 atom stereocenters. The minimum atomic E-state index is -1.15. The number of ether oxygens (including phenoxy) is 1. The Hall–Kier alpha value is -2.82. The van der Waals surface area contributed by atoms with E-state index in [1.165, 1.54) is 4.90 Å². The summed E-state index contributed by atoms with van der Waals surface area (Å²) in [6.07, 6.45) is 0.554. The van der Waals surface area contributed by atoms with Crippen LogP contribution in [0.25, 0.3) is 0 Å². The van der Waals surface area contributed by atoms with Crippen LogP contribution in [0.3, 0.4) is 0 Å². The van der Waals surface area contributed by atoms with Crippen LogP contribution in [0, 0.1) is 5.92 Å². The fourth-order valence-electron chi connectivity index (χ4n) is 3.62. The lowest BCUT2D eigenvalue weighted by Crippen LogP contribution is -2.51. The van der Waals surface area contributed by atoms with Crippen LogP contribution < -0.4 is 4.90 Å². The molecule has 0 spiro atoms. The van der Waals surface area contributed by atoms with E-state index in [-0.39, 0.29) is 12.5 Å². The van der Waals surface area contributed by atoms with Gasteiger partial charge in [0, 0.05) is 5.92 Å². The number of carbonyl (C=O) groups is 2. The van der Waals surface area contributed by atoms with E-state index < -0.39 is 17.6 Å². The zero-order valence-corrected chi connectivity index (χ0v) is 13.0. The number of amides is 1. The van der Waals surface area contributed by atoms with Crippen LogP contribution in [-0.4, -0.2) is 22.7 Å². The highest BCUT2D eigenvalue weighted by molar-refractivity contribution is 6.02. The van der Waals surface area contributed by atoms with E-state index in [1.54, 1.807) is 6.07 Å². The van der Waals surface area contributed by atoms with Gasteiger partial charge in [-0.15, -0.1) is 0 Å². The van der Waals surface area contributed by atoms with Gasteiger partial charge in [-0.05, 0) is 30.0 Å². The molecule has 2 aromatic rings. The van der Waals surface area contributed by atoms with Gasteiger partial charge in [0.05, 0.1) is 5.69 Å². The van der Waals surface area contributed by atoms with Crippen molar-refractivity contribution in [1.29, 1.82) is 0 Å². The molecule has 1 N–H and O–H groups in total. The van der Waals surface area contributed by atoms with Gasteiger partial charge < -0.3 is 9.84 Å². The topological polar surface area (TPSA) is 66.8 Å². The van der Waals surface area contributed by atoms with E-state index in [0.29, 0.717) is 18.5 Å². The molecular formula is C19H17NO4. The maximum absolute atomic E-state index is 12.7. The minimum absolute atomic E-state index is 0.0471. The minimum Gasteiger partial charge on any atom is -0.479 e. The predicted molar refractivity (Wildman–Crippen MR) is 87.7 cm³/mol. The number of rotatable bonds is 3. The van der Waals surface area contributed by atoms with Gasteiger partial charge in [0.25, 0.3) is 0 Å². The third-order valence-electron chi connectivity index (χ3n) is 4.93. The number of carboxylic acids is 1. The smallest absolute Gasteiger partial charge is 0.415 e. The molecule has 0 saturated heterocycles. The Kier molecular flexibility index (Phi) is 3.30. The summed E-state index contributed by atoms with van der Waals surface area (Å²) >= 11 is 0. The summed E-state index contributed by atoms with van der Waals surface area (Å²) in [5.74, 6) is -1.01. The summed E-state index contributed by atoms with van der Waals surface area (Å²) in [5.41, 5.74) is 1.36. The van der Waals surface area contributed by atoms with Crippen LogP contribution in [0.4, 0.5) is 10.5 Å². The number of anilines is 1. The first-order chi connectivity index (χ1) is 11.6. The van der Waals surface area contributed by atoms with Crippen LogP contribution in [0.2, 0.25) is 0 Å². The first-order valence-electron chi connectivity index (χ1n) is 7.95. The molecule has 5 heteroatoms. The summed E-state index contributed by atoms with van der Waals surface area (Å²) in [4.78, 5) is 25.9. The molecule has 24 heavy (non-hydrogen) atoms. The van der Waals surface area contributed by atoms with Crippen LogP contribution in [-0.2, 0) is 22.6 Å². The van der Waals surface area contributed by atoms with Gasteiger partial charge in [-0.3, -0.25) is 4.90 Å². The summed E-state index contributed by atoms with van der Waals surface area (Å²) in [6.45, 7) is 0.124. The second-order valence-electron chi connectivity index (χ2n) is 6.34. The van der Waals surface area contributed by atoms with E-state index in [1.807, 2.05) is 48.5 Å². The molecule has 122 valence electrons. The molecule has 0 aromatic heterocycles. The lowest BCUT2D eigenvalue weighted by molar-refractivity contribution is -0.140. The van der Waals surface area contributed by atoms with Crippen molar-refractivity contribution in [1.82, 2.24) is 0 Å². The summed E-state index contributed by atoms with van der Waals surface area (Å²) < 4.78 is 5.42. The van der Waals surface area contributed by atoms with Crippen molar-refractivity contribution in [2.24, 2.45) is 5.92 Å². The SMILES string of the molecule is O=C(OCc1ccccc1)N1c2ccccc2CC2CC21C(=O)O. The number of nitrogens with zero attached hydrogens (tertiary/aromatic N) is 1. The maximum atomic E-state index is 12.7. The summed E-state index contributed by atoms with van der Waals surface area (Å²) in [5, 5.41) is 9.72. The third-order valence-corrected chi connectivity index (χ3v) is 4.93. The number of hydrogen-bond acceptors (Lipinski definition) is 3. The zero-order valence-electron chi connectivity index (χ0n) is 13.0. The Labute approximate surface area is 139 Å². The van der Waals surface area contributed by atoms with Gasteiger partial charge >= 0.3 is 12.1 Å². The molecule has 1 fully saturated rings. The number of benzene rings is 2. The lowest BCUT2D eigenvalue weighted by Gasteiger charge is -2.34.